The monoisotopic (exact) mass is 257 g/mol. The summed E-state index contributed by atoms with van der Waals surface area (Å²) in [6.45, 7) is 3.73. The molecule has 2 aromatic rings. The van der Waals surface area contributed by atoms with Crippen molar-refractivity contribution in [1.29, 1.82) is 0 Å². The van der Waals surface area contributed by atoms with Gasteiger partial charge in [0, 0.05) is 24.7 Å². The van der Waals surface area contributed by atoms with Crippen molar-refractivity contribution >= 4 is 22.9 Å². The van der Waals surface area contributed by atoms with Gasteiger partial charge in [-0.05, 0) is 24.5 Å². The van der Waals surface area contributed by atoms with Crippen molar-refractivity contribution in [1.82, 2.24) is 14.9 Å². The Labute approximate surface area is 109 Å². The number of fused-ring (bicyclic) bond motifs is 1. The Kier molecular flexibility index (Phi) is 2.55. The summed E-state index contributed by atoms with van der Waals surface area (Å²) in [5, 5.41) is 3.63. The molecule has 2 N–H and O–H groups in total. The number of aromatic amines is 1. The van der Waals surface area contributed by atoms with Crippen LogP contribution in [-0.4, -0.2) is 21.5 Å². The number of carbonyl (C=O) groups is 1. The van der Waals surface area contributed by atoms with E-state index in [1.165, 1.54) is 4.57 Å². The molecule has 1 aliphatic rings. The van der Waals surface area contributed by atoms with Crippen LogP contribution in [0.1, 0.15) is 28.9 Å². The third-order valence-corrected chi connectivity index (χ3v) is 3.37. The molecule has 0 spiro atoms. The number of aromatic nitrogens is 2. The molecule has 19 heavy (non-hydrogen) atoms. The molecule has 0 aliphatic heterocycles. The summed E-state index contributed by atoms with van der Waals surface area (Å²) in [4.78, 5) is 26.9. The van der Waals surface area contributed by atoms with Gasteiger partial charge in [0.15, 0.2) is 0 Å². The van der Waals surface area contributed by atoms with Gasteiger partial charge in [-0.1, -0.05) is 12.7 Å². The fraction of sp³-hybridized carbons (Fsp3) is 0.286. The van der Waals surface area contributed by atoms with E-state index >= 15 is 0 Å². The summed E-state index contributed by atoms with van der Waals surface area (Å²) in [6, 6.07) is 2.01. The Balaban J connectivity index is 2.13. The van der Waals surface area contributed by atoms with E-state index in [-0.39, 0.29) is 11.5 Å². The fourth-order valence-corrected chi connectivity index (χ4v) is 2.14. The van der Waals surface area contributed by atoms with Gasteiger partial charge in [0.05, 0.1) is 0 Å². The van der Waals surface area contributed by atoms with Crippen LogP contribution in [0, 0.1) is 0 Å². The van der Waals surface area contributed by atoms with E-state index in [0.29, 0.717) is 17.3 Å². The minimum absolute atomic E-state index is 0.147. The maximum atomic E-state index is 12.0. The van der Waals surface area contributed by atoms with Crippen molar-refractivity contribution in [2.24, 2.45) is 7.05 Å². The van der Waals surface area contributed by atoms with Crippen molar-refractivity contribution in [3.8, 4) is 0 Å². The first-order valence-electron chi connectivity index (χ1n) is 6.26. The average Bonchev–Trinajstić information content (AvgIpc) is 3.08. The van der Waals surface area contributed by atoms with Gasteiger partial charge in [0.2, 0.25) is 0 Å². The first kappa shape index (κ1) is 11.8. The molecule has 0 aromatic carbocycles. The molecule has 0 radical (unpaired) electrons. The SMILES string of the molecule is C=Cc1cn(C)c(=O)c2[nH]c(C(=O)NC3CC3)cc12. The average molecular weight is 257 g/mol. The third kappa shape index (κ3) is 1.97. The first-order valence-corrected chi connectivity index (χ1v) is 6.26. The quantitative estimate of drug-likeness (QED) is 0.872. The second-order valence-electron chi connectivity index (χ2n) is 4.92. The van der Waals surface area contributed by atoms with E-state index in [9.17, 15) is 9.59 Å². The molecule has 1 saturated carbocycles. The van der Waals surface area contributed by atoms with Crippen LogP contribution in [0.2, 0.25) is 0 Å². The van der Waals surface area contributed by atoms with Gasteiger partial charge in [0.1, 0.15) is 11.2 Å². The Morgan fingerprint density at radius 1 is 1.58 bits per heavy atom. The molecule has 0 bridgehead atoms. The Bertz CT molecular complexity index is 735. The lowest BCUT2D eigenvalue weighted by atomic mass is 10.2. The number of carbonyl (C=O) groups excluding carboxylic acids is 1. The zero-order chi connectivity index (χ0) is 13.6. The standard InChI is InChI=1S/C14H15N3O2/c1-3-8-7-17(2)14(19)12-10(8)6-11(16-12)13(18)15-9-4-5-9/h3,6-7,9,16H,1,4-5H2,2H3,(H,15,18). The van der Waals surface area contributed by atoms with Crippen LogP contribution in [0.15, 0.2) is 23.6 Å². The van der Waals surface area contributed by atoms with Gasteiger partial charge in [-0.3, -0.25) is 9.59 Å². The van der Waals surface area contributed by atoms with Crippen LogP contribution in [0.25, 0.3) is 17.0 Å². The summed E-state index contributed by atoms with van der Waals surface area (Å²) >= 11 is 0. The van der Waals surface area contributed by atoms with Crippen molar-refractivity contribution < 1.29 is 4.79 Å². The predicted molar refractivity (Wildman–Crippen MR) is 74.1 cm³/mol. The van der Waals surface area contributed by atoms with Crippen LogP contribution >= 0.6 is 0 Å². The molecule has 0 atom stereocenters. The van der Waals surface area contributed by atoms with Gasteiger partial charge in [-0.25, -0.2) is 0 Å². The zero-order valence-electron chi connectivity index (χ0n) is 10.7. The second kappa shape index (κ2) is 4.12. The Hall–Kier alpha value is -2.30. The molecule has 5 heteroatoms. The van der Waals surface area contributed by atoms with Crippen LogP contribution in [0.4, 0.5) is 0 Å². The molecule has 0 unspecified atom stereocenters. The number of pyridine rings is 1. The molecule has 0 saturated heterocycles. The minimum Gasteiger partial charge on any atom is -0.348 e. The minimum atomic E-state index is -0.157. The number of nitrogens with zero attached hydrogens (tertiary/aromatic N) is 1. The molecular formula is C14H15N3O2. The van der Waals surface area contributed by atoms with Gasteiger partial charge in [-0.15, -0.1) is 0 Å². The van der Waals surface area contributed by atoms with Crippen LogP contribution in [0.5, 0.6) is 0 Å². The largest absolute Gasteiger partial charge is 0.348 e. The lowest BCUT2D eigenvalue weighted by Gasteiger charge is -2.00. The van der Waals surface area contributed by atoms with E-state index in [2.05, 4.69) is 16.9 Å². The van der Waals surface area contributed by atoms with E-state index in [1.54, 1.807) is 25.4 Å². The van der Waals surface area contributed by atoms with Crippen molar-refractivity contribution in [2.75, 3.05) is 0 Å². The highest BCUT2D eigenvalue weighted by Gasteiger charge is 2.24. The Morgan fingerprint density at radius 3 is 2.95 bits per heavy atom. The molecular weight excluding hydrogens is 242 g/mol. The highest BCUT2D eigenvalue weighted by Crippen LogP contribution is 2.21. The molecule has 1 amide bonds. The molecule has 1 fully saturated rings. The summed E-state index contributed by atoms with van der Waals surface area (Å²) in [5.41, 5.74) is 1.55. The molecule has 2 heterocycles. The maximum absolute atomic E-state index is 12.0. The van der Waals surface area contributed by atoms with E-state index in [1.807, 2.05) is 0 Å². The van der Waals surface area contributed by atoms with E-state index < -0.39 is 0 Å². The van der Waals surface area contributed by atoms with E-state index in [4.69, 9.17) is 0 Å². The number of hydrogen-bond acceptors (Lipinski definition) is 2. The maximum Gasteiger partial charge on any atom is 0.274 e. The number of rotatable bonds is 3. The summed E-state index contributed by atoms with van der Waals surface area (Å²) < 4.78 is 1.48. The Morgan fingerprint density at radius 2 is 2.32 bits per heavy atom. The van der Waals surface area contributed by atoms with Gasteiger partial charge in [-0.2, -0.15) is 0 Å². The number of H-pyrrole nitrogens is 1. The van der Waals surface area contributed by atoms with Gasteiger partial charge in [0.25, 0.3) is 11.5 Å². The van der Waals surface area contributed by atoms with Crippen molar-refractivity contribution in [3.05, 3.63) is 40.5 Å². The topological polar surface area (TPSA) is 66.9 Å². The normalized spacial score (nSPS) is 14.6. The van der Waals surface area contributed by atoms with Crippen LogP contribution in [0.3, 0.4) is 0 Å². The molecule has 1 aliphatic carbocycles. The summed E-state index contributed by atoms with van der Waals surface area (Å²) in [5.74, 6) is -0.157. The number of aryl methyl sites for hydroxylation is 1. The lowest BCUT2D eigenvalue weighted by molar-refractivity contribution is 0.0947. The molecule has 98 valence electrons. The van der Waals surface area contributed by atoms with Crippen LogP contribution in [-0.2, 0) is 7.05 Å². The first-order chi connectivity index (χ1) is 9.10. The predicted octanol–water partition coefficient (Wildman–Crippen LogP) is 1.40. The zero-order valence-corrected chi connectivity index (χ0v) is 10.7. The lowest BCUT2D eigenvalue weighted by Crippen LogP contribution is -2.25. The fourth-order valence-electron chi connectivity index (χ4n) is 2.14. The van der Waals surface area contributed by atoms with E-state index in [0.717, 1.165) is 23.8 Å². The number of amides is 1. The summed E-state index contributed by atoms with van der Waals surface area (Å²) in [6.07, 6.45) is 5.46. The smallest absolute Gasteiger partial charge is 0.274 e. The third-order valence-electron chi connectivity index (χ3n) is 3.37. The highest BCUT2D eigenvalue weighted by atomic mass is 16.2. The second-order valence-corrected chi connectivity index (χ2v) is 4.92. The van der Waals surface area contributed by atoms with Crippen molar-refractivity contribution in [3.63, 3.8) is 0 Å². The summed E-state index contributed by atoms with van der Waals surface area (Å²) in [7, 11) is 1.68. The number of hydrogen-bond donors (Lipinski definition) is 2. The highest BCUT2D eigenvalue weighted by molar-refractivity contribution is 6.00. The number of nitrogens with one attached hydrogen (secondary N) is 2. The van der Waals surface area contributed by atoms with Gasteiger partial charge >= 0.3 is 0 Å². The molecule has 5 nitrogen and oxygen atoms in total. The van der Waals surface area contributed by atoms with Crippen molar-refractivity contribution in [2.45, 2.75) is 18.9 Å². The molecule has 3 rings (SSSR count). The molecule has 2 aromatic heterocycles. The van der Waals surface area contributed by atoms with Gasteiger partial charge < -0.3 is 14.9 Å². The van der Waals surface area contributed by atoms with Crippen LogP contribution < -0.4 is 10.9 Å².